The van der Waals surface area contributed by atoms with Crippen LogP contribution in [0.15, 0.2) is 0 Å². The molecule has 1 saturated heterocycles. The van der Waals surface area contributed by atoms with Gasteiger partial charge in [-0.2, -0.15) is 0 Å². The quantitative estimate of drug-likeness (QED) is 0.353. The minimum absolute atomic E-state index is 0.423. The minimum atomic E-state index is -1.30. The lowest BCUT2D eigenvalue weighted by Crippen LogP contribution is -2.55. The molecule has 0 aromatic rings. The lowest BCUT2D eigenvalue weighted by atomic mass is 10.0. The summed E-state index contributed by atoms with van der Waals surface area (Å²) >= 11 is 0. The first-order valence-corrected chi connectivity index (χ1v) is 12.1. The van der Waals surface area contributed by atoms with Crippen LogP contribution < -0.4 is 16.0 Å². The van der Waals surface area contributed by atoms with Gasteiger partial charge in [0, 0.05) is 0 Å². The van der Waals surface area contributed by atoms with E-state index in [4.69, 9.17) is 14.2 Å². The third-order valence-electron chi connectivity index (χ3n) is 5.64. The molecule has 1 fully saturated rings. The topological polar surface area (TPSA) is 166 Å². The third-order valence-corrected chi connectivity index (χ3v) is 5.64. The van der Waals surface area contributed by atoms with Gasteiger partial charge in [0.1, 0.15) is 18.1 Å². The summed E-state index contributed by atoms with van der Waals surface area (Å²) in [7, 11) is 0. The number of carbonyl (C=O) groups is 6. The van der Waals surface area contributed by atoms with Crippen LogP contribution in [-0.2, 0) is 43.0 Å². The number of amides is 3. The molecule has 2 unspecified atom stereocenters. The van der Waals surface area contributed by atoms with Crippen LogP contribution in [0.2, 0.25) is 0 Å². The minimum Gasteiger partial charge on any atom is -0.451 e. The van der Waals surface area contributed by atoms with E-state index in [0.717, 1.165) is 0 Å². The van der Waals surface area contributed by atoms with Crippen LogP contribution >= 0.6 is 0 Å². The summed E-state index contributed by atoms with van der Waals surface area (Å²) in [5, 5.41) is 7.46. The van der Waals surface area contributed by atoms with Gasteiger partial charge in [-0.3, -0.25) is 14.4 Å². The summed E-state index contributed by atoms with van der Waals surface area (Å²) < 4.78 is 15.7. The maximum absolute atomic E-state index is 12.8. The van der Waals surface area contributed by atoms with Gasteiger partial charge in [0.2, 0.25) is 0 Å². The Morgan fingerprint density at radius 3 is 0.833 bits per heavy atom. The lowest BCUT2D eigenvalue weighted by Gasteiger charge is -2.28. The van der Waals surface area contributed by atoms with Crippen molar-refractivity contribution in [3.63, 3.8) is 0 Å². The van der Waals surface area contributed by atoms with Crippen molar-refractivity contribution < 1.29 is 43.0 Å². The Morgan fingerprint density at radius 2 is 0.667 bits per heavy atom. The fraction of sp³-hybridized carbons (Fsp3) is 0.750. The second-order valence-corrected chi connectivity index (χ2v) is 9.93. The fourth-order valence-electron chi connectivity index (χ4n) is 3.21. The molecule has 1 aliphatic rings. The van der Waals surface area contributed by atoms with Crippen LogP contribution in [0.4, 0.5) is 0 Å². The van der Waals surface area contributed by atoms with Crippen LogP contribution in [0.3, 0.4) is 0 Å². The van der Waals surface area contributed by atoms with E-state index in [1.54, 1.807) is 41.5 Å². The van der Waals surface area contributed by atoms with Crippen molar-refractivity contribution in [2.24, 2.45) is 17.8 Å². The van der Waals surface area contributed by atoms with Gasteiger partial charge in [-0.1, -0.05) is 41.5 Å². The first-order valence-electron chi connectivity index (χ1n) is 12.1. The molecule has 0 bridgehead atoms. The van der Waals surface area contributed by atoms with Crippen molar-refractivity contribution in [1.82, 2.24) is 16.0 Å². The first kappa shape index (κ1) is 30.9. The van der Waals surface area contributed by atoms with E-state index in [-0.39, 0.29) is 0 Å². The molecule has 3 amide bonds. The Kier molecular flexibility index (Phi) is 11.3. The summed E-state index contributed by atoms with van der Waals surface area (Å²) in [6.45, 7) is 13.9. The van der Waals surface area contributed by atoms with Gasteiger partial charge < -0.3 is 30.2 Å². The summed E-state index contributed by atoms with van der Waals surface area (Å²) in [6.07, 6.45) is -3.90. The van der Waals surface area contributed by atoms with E-state index in [0.29, 0.717) is 0 Å². The Balaban J connectivity index is 3.36. The Hall–Kier alpha value is -3.18. The van der Waals surface area contributed by atoms with Crippen LogP contribution in [0.1, 0.15) is 62.3 Å². The summed E-state index contributed by atoms with van der Waals surface area (Å²) in [6, 6.07) is -3.42. The van der Waals surface area contributed by atoms with Crippen molar-refractivity contribution >= 4 is 35.6 Å². The molecule has 3 N–H and O–H groups in total. The molecular weight excluding hydrogens is 474 g/mol. The molecule has 1 heterocycles. The van der Waals surface area contributed by atoms with Crippen LogP contribution in [0, 0.1) is 17.8 Å². The number of ether oxygens (including phenoxy) is 3. The first-order chi connectivity index (χ1) is 16.6. The van der Waals surface area contributed by atoms with Crippen molar-refractivity contribution in [1.29, 1.82) is 0 Å². The molecule has 12 heteroatoms. The van der Waals surface area contributed by atoms with Crippen molar-refractivity contribution in [3.8, 4) is 0 Å². The van der Waals surface area contributed by atoms with E-state index in [1.165, 1.54) is 20.8 Å². The van der Waals surface area contributed by atoms with E-state index >= 15 is 0 Å². The van der Waals surface area contributed by atoms with Gasteiger partial charge in [0.25, 0.3) is 17.7 Å². The maximum atomic E-state index is 12.8. The molecule has 36 heavy (non-hydrogen) atoms. The second-order valence-electron chi connectivity index (χ2n) is 9.93. The van der Waals surface area contributed by atoms with Gasteiger partial charge in [-0.05, 0) is 38.5 Å². The highest BCUT2D eigenvalue weighted by Gasteiger charge is 2.36. The fourth-order valence-corrected chi connectivity index (χ4v) is 3.21. The SMILES string of the molecule is CC(C)C1NC(=O)[C@H](C)OC(=O)[C@@H](C(C)C)NC(=O)[C@@H](C)OC(=O)C(C(C)C)NC(=O)[C@H](C)OC1=O. The number of hydrogen-bond donors (Lipinski definition) is 3. The predicted molar refractivity (Wildman–Crippen MR) is 127 cm³/mol. The molecule has 0 saturated carbocycles. The highest BCUT2D eigenvalue weighted by Crippen LogP contribution is 2.12. The van der Waals surface area contributed by atoms with E-state index in [1.807, 2.05) is 0 Å². The molecule has 12 nitrogen and oxygen atoms in total. The van der Waals surface area contributed by atoms with Crippen molar-refractivity contribution in [3.05, 3.63) is 0 Å². The average Bonchev–Trinajstić information content (AvgIpc) is 2.76. The van der Waals surface area contributed by atoms with Gasteiger partial charge >= 0.3 is 17.9 Å². The predicted octanol–water partition coefficient (Wildman–Crippen LogP) is 0.218. The molecule has 0 spiro atoms. The zero-order chi connectivity index (χ0) is 27.9. The third kappa shape index (κ3) is 8.49. The van der Waals surface area contributed by atoms with Crippen molar-refractivity contribution in [2.45, 2.75) is 98.8 Å². The normalized spacial score (nSPS) is 30.0. The molecule has 0 aliphatic carbocycles. The highest BCUT2D eigenvalue weighted by atomic mass is 16.6. The Bertz CT molecular complexity index is 746. The van der Waals surface area contributed by atoms with Crippen LogP contribution in [0.5, 0.6) is 0 Å². The molecule has 0 aromatic carbocycles. The maximum Gasteiger partial charge on any atom is 0.329 e. The van der Waals surface area contributed by atoms with Gasteiger partial charge in [-0.15, -0.1) is 0 Å². The van der Waals surface area contributed by atoms with Crippen LogP contribution in [-0.4, -0.2) is 72.1 Å². The molecule has 1 rings (SSSR count). The van der Waals surface area contributed by atoms with Crippen LogP contribution in [0.25, 0.3) is 0 Å². The van der Waals surface area contributed by atoms with E-state index < -0.39 is 89.8 Å². The van der Waals surface area contributed by atoms with Gasteiger partial charge in [-0.25, -0.2) is 14.4 Å². The number of hydrogen-bond acceptors (Lipinski definition) is 9. The summed E-state index contributed by atoms with van der Waals surface area (Å²) in [5.74, 6) is -6.15. The number of esters is 3. The number of nitrogens with one attached hydrogen (secondary N) is 3. The highest BCUT2D eigenvalue weighted by molar-refractivity contribution is 5.93. The summed E-state index contributed by atoms with van der Waals surface area (Å²) in [4.78, 5) is 76.3. The smallest absolute Gasteiger partial charge is 0.329 e. The molecule has 6 atom stereocenters. The zero-order valence-electron chi connectivity index (χ0n) is 22.4. The van der Waals surface area contributed by atoms with E-state index in [9.17, 15) is 28.8 Å². The zero-order valence-corrected chi connectivity index (χ0v) is 22.4. The van der Waals surface area contributed by atoms with Gasteiger partial charge in [0.05, 0.1) is 0 Å². The molecular formula is C24H39N3O9. The molecule has 0 radical (unpaired) electrons. The number of rotatable bonds is 3. The standard InChI is InChI=1S/C24H39N3O9/c1-10(2)16-22(31)34-14(8)20(29)26-18(12(5)6)24(33)36-15(9)21(30)27-17(11(3)4)23(32)35-13(7)19(28)25-16/h10-18H,1-9H3,(H,25,28)(H,26,29)(H,27,30)/t13-,14-,15+,16?,17+,18?/m0/s1. The Labute approximate surface area is 211 Å². The lowest BCUT2D eigenvalue weighted by molar-refractivity contribution is -0.165. The monoisotopic (exact) mass is 513 g/mol. The van der Waals surface area contributed by atoms with Crippen molar-refractivity contribution in [2.75, 3.05) is 0 Å². The molecule has 1 aliphatic heterocycles. The van der Waals surface area contributed by atoms with E-state index in [2.05, 4.69) is 16.0 Å². The number of cyclic esters (lactones) is 3. The molecule has 204 valence electrons. The summed E-state index contributed by atoms with van der Waals surface area (Å²) in [5.41, 5.74) is 0. The molecule has 0 aromatic heterocycles. The number of carbonyl (C=O) groups excluding carboxylic acids is 6. The second kappa shape index (κ2) is 13.2. The van der Waals surface area contributed by atoms with Gasteiger partial charge in [0.15, 0.2) is 18.3 Å². The largest absolute Gasteiger partial charge is 0.451 e. The Morgan fingerprint density at radius 1 is 0.472 bits per heavy atom. The average molecular weight is 514 g/mol.